The molecule has 0 aliphatic rings. The molecule has 2 aromatic rings. The average Bonchev–Trinajstić information content (AvgIpc) is 2.63. The topological polar surface area (TPSA) is 44.8 Å². The second-order valence-corrected chi connectivity index (χ2v) is 7.89. The minimum Gasteiger partial charge on any atom is -0.494 e. The van der Waals surface area contributed by atoms with E-state index in [-0.39, 0.29) is 33.0 Å². The van der Waals surface area contributed by atoms with Crippen molar-refractivity contribution in [2.75, 3.05) is 19.8 Å². The van der Waals surface area contributed by atoms with Crippen LogP contribution in [0.5, 0.6) is 17.2 Å². The molecule has 0 bridgehead atoms. The molecule has 0 N–H and O–H groups in total. The van der Waals surface area contributed by atoms with Gasteiger partial charge < -0.3 is 14.2 Å². The largest absolute Gasteiger partial charge is 1.00 e. The van der Waals surface area contributed by atoms with Crippen molar-refractivity contribution in [1.29, 1.82) is 0 Å². The molecule has 0 aromatic heterocycles. The van der Waals surface area contributed by atoms with Crippen molar-refractivity contribution in [2.45, 2.75) is 48.5 Å². The molecule has 0 saturated carbocycles. The summed E-state index contributed by atoms with van der Waals surface area (Å²) in [5.74, 6) is 2.00. The zero-order valence-corrected chi connectivity index (χ0v) is 20.0. The van der Waals surface area contributed by atoms with Crippen LogP contribution in [-0.2, 0) is 0 Å². The number of carbonyl (C=O) groups is 1. The van der Waals surface area contributed by atoms with Crippen molar-refractivity contribution in [3.05, 3.63) is 46.0 Å². The van der Waals surface area contributed by atoms with Gasteiger partial charge in [0.2, 0.25) is 0 Å². The van der Waals surface area contributed by atoms with E-state index in [9.17, 15) is 4.79 Å². The fraction of sp³-hybridized carbons (Fsp3) is 0.435. The summed E-state index contributed by atoms with van der Waals surface area (Å²) in [5.41, 5.74) is 5.35. The zero-order valence-electron chi connectivity index (χ0n) is 19.0. The van der Waals surface area contributed by atoms with E-state index in [1.807, 2.05) is 46.8 Å². The molecule has 6 heteroatoms. The molecule has 0 radical (unpaired) electrons. The van der Waals surface area contributed by atoms with Crippen LogP contribution < -0.4 is 38.4 Å². The van der Waals surface area contributed by atoms with E-state index in [0.717, 1.165) is 22.0 Å². The number of ether oxygens (including phenoxy) is 3. The van der Waals surface area contributed by atoms with Gasteiger partial charge in [0.1, 0.15) is 17.2 Å². The Balaban J connectivity index is 0.00000420. The molecule has 29 heavy (non-hydrogen) atoms. The molecule has 2 aromatic carbocycles. The third-order valence-electron chi connectivity index (χ3n) is 4.77. The first-order valence-corrected chi connectivity index (χ1v) is 10.8. The predicted octanol–water partition coefficient (Wildman–Crippen LogP) is 2.26. The molecule has 1 unspecified atom stereocenters. The van der Waals surface area contributed by atoms with Crippen LogP contribution in [0.25, 0.3) is 0 Å². The second-order valence-electron chi connectivity index (χ2n) is 6.68. The monoisotopic (exact) mass is 409 g/mol. The Bertz CT molecular complexity index is 837. The van der Waals surface area contributed by atoms with Crippen molar-refractivity contribution < 1.29 is 37.9 Å². The van der Waals surface area contributed by atoms with Gasteiger partial charge in [-0.15, -0.1) is 0 Å². The fourth-order valence-electron chi connectivity index (χ4n) is 3.29. The average molecular weight is 409 g/mol. The number of hydrogen-bond donors (Lipinski definition) is 0. The molecule has 0 amide bonds. The van der Waals surface area contributed by atoms with Crippen LogP contribution in [0.3, 0.4) is 0 Å². The van der Waals surface area contributed by atoms with Gasteiger partial charge in [-0.3, -0.25) is 4.79 Å². The second kappa shape index (κ2) is 11.7. The van der Waals surface area contributed by atoms with Crippen LogP contribution in [0.15, 0.2) is 18.2 Å². The van der Waals surface area contributed by atoms with E-state index in [2.05, 4.69) is 19.9 Å². The fourth-order valence-corrected chi connectivity index (χ4v) is 4.56. The van der Waals surface area contributed by atoms with Gasteiger partial charge in [-0.1, -0.05) is 6.07 Å². The van der Waals surface area contributed by atoms with Crippen LogP contribution in [0, 0.1) is 27.7 Å². The Hall–Kier alpha value is -1.46. The Morgan fingerprint density at radius 1 is 0.793 bits per heavy atom. The van der Waals surface area contributed by atoms with Gasteiger partial charge in [0.15, 0.2) is 5.52 Å². The molecule has 0 aliphatic heterocycles. The summed E-state index contributed by atoms with van der Waals surface area (Å²) in [6, 6.07) is 5.79. The summed E-state index contributed by atoms with van der Waals surface area (Å²) < 4.78 is 17.3. The zero-order chi connectivity index (χ0) is 20.8. The van der Waals surface area contributed by atoms with Gasteiger partial charge in [-0.25, -0.2) is 0 Å². The quantitative estimate of drug-likeness (QED) is 0.471. The van der Waals surface area contributed by atoms with Gasteiger partial charge in [-0.2, -0.15) is 0 Å². The molecule has 4 nitrogen and oxygen atoms in total. The summed E-state index contributed by atoms with van der Waals surface area (Å²) in [7, 11) is -0.0871. The Kier molecular flexibility index (Phi) is 10.3. The summed E-state index contributed by atoms with van der Waals surface area (Å²) in [6.45, 7) is 15.5. The molecule has 152 valence electrons. The van der Waals surface area contributed by atoms with E-state index in [0.29, 0.717) is 37.1 Å². The van der Waals surface area contributed by atoms with Crippen molar-refractivity contribution in [2.24, 2.45) is 0 Å². The smallest absolute Gasteiger partial charge is 0.494 e. The van der Waals surface area contributed by atoms with Crippen LogP contribution in [-0.4, -0.2) is 25.3 Å². The first kappa shape index (κ1) is 25.6. The van der Waals surface area contributed by atoms with Gasteiger partial charge in [0.25, 0.3) is 0 Å². The van der Waals surface area contributed by atoms with Crippen LogP contribution in [0.2, 0.25) is 0 Å². The molecule has 2 rings (SSSR count). The van der Waals surface area contributed by atoms with Gasteiger partial charge in [0, 0.05) is 17.7 Å². The molecular formula is C23H31LiO4P+. The number of benzene rings is 2. The standard InChI is InChI=1S/C23H31O4P.Li/c1-8-25-18-12-19(26-9-2)22(20(13-18)27-10-3)28-23(24)21-15(5)11-14(4)16(6)17(21)7;/h11-13,28H,8-10H2,1-7H3;/q;+1. The van der Waals surface area contributed by atoms with E-state index >= 15 is 0 Å². The summed E-state index contributed by atoms with van der Waals surface area (Å²) >= 11 is 0. The maximum absolute atomic E-state index is 13.3. The Labute approximate surface area is 188 Å². The number of carbonyl (C=O) groups excluding carboxylic acids is 1. The van der Waals surface area contributed by atoms with Crippen LogP contribution in [0.4, 0.5) is 0 Å². The van der Waals surface area contributed by atoms with E-state index in [1.54, 1.807) is 0 Å². The molecule has 0 heterocycles. The first-order valence-electron chi connectivity index (χ1n) is 9.79. The molecule has 0 aliphatic carbocycles. The number of hydrogen-bond acceptors (Lipinski definition) is 4. The molecular weight excluding hydrogens is 378 g/mol. The van der Waals surface area contributed by atoms with Gasteiger partial charge >= 0.3 is 18.9 Å². The minimum absolute atomic E-state index is 0. The Morgan fingerprint density at radius 3 is 1.79 bits per heavy atom. The minimum atomic E-state index is -0.0871. The van der Waals surface area contributed by atoms with Crippen LogP contribution in [0.1, 0.15) is 53.4 Å². The van der Waals surface area contributed by atoms with Crippen molar-refractivity contribution >= 4 is 19.4 Å². The third kappa shape index (κ3) is 6.02. The molecule has 0 fully saturated rings. The normalized spacial score (nSPS) is 10.7. The maximum atomic E-state index is 13.3. The predicted molar refractivity (Wildman–Crippen MR) is 118 cm³/mol. The van der Waals surface area contributed by atoms with Crippen LogP contribution >= 0.6 is 8.58 Å². The Morgan fingerprint density at radius 2 is 1.31 bits per heavy atom. The maximum Gasteiger partial charge on any atom is 1.00 e. The SMILES string of the molecule is CCOc1cc(OCC)c(PC(=O)c2c(C)cc(C)c(C)c2C)c(OCC)c1.[Li+]. The van der Waals surface area contributed by atoms with Gasteiger partial charge in [0.05, 0.1) is 25.1 Å². The van der Waals surface area contributed by atoms with E-state index in [1.165, 1.54) is 11.1 Å². The van der Waals surface area contributed by atoms with E-state index in [4.69, 9.17) is 14.2 Å². The third-order valence-corrected chi connectivity index (χ3v) is 5.99. The number of aryl methyl sites for hydroxylation is 2. The molecule has 0 saturated heterocycles. The van der Waals surface area contributed by atoms with Gasteiger partial charge in [-0.05, 0) is 79.3 Å². The first-order chi connectivity index (χ1) is 13.3. The van der Waals surface area contributed by atoms with Crippen molar-refractivity contribution in [1.82, 2.24) is 0 Å². The van der Waals surface area contributed by atoms with Crippen molar-refractivity contribution in [3.8, 4) is 17.2 Å². The van der Waals surface area contributed by atoms with Crippen molar-refractivity contribution in [3.63, 3.8) is 0 Å². The summed E-state index contributed by atoms with van der Waals surface area (Å²) in [4.78, 5) is 13.3. The molecule has 0 spiro atoms. The molecule has 1 atom stereocenters. The van der Waals surface area contributed by atoms with E-state index < -0.39 is 0 Å². The number of rotatable bonds is 9. The summed E-state index contributed by atoms with van der Waals surface area (Å²) in [6.07, 6.45) is 0. The summed E-state index contributed by atoms with van der Waals surface area (Å²) in [5, 5.41) is 0.800.